The van der Waals surface area contributed by atoms with Gasteiger partial charge in [0, 0.05) is 10.7 Å². The van der Waals surface area contributed by atoms with Crippen LogP contribution in [0.2, 0.25) is 0 Å². The second-order valence-corrected chi connectivity index (χ2v) is 5.74. The van der Waals surface area contributed by atoms with Gasteiger partial charge in [-0.05, 0) is 18.1 Å². The molecular weight excluding hydrogens is 271 g/mol. The Morgan fingerprint density at radius 3 is 2.18 bits per heavy atom. The van der Waals surface area contributed by atoms with Crippen LogP contribution >= 0.6 is 10.7 Å². The smallest absolute Gasteiger partial charge is 0.265 e. The van der Waals surface area contributed by atoms with Gasteiger partial charge >= 0.3 is 0 Å². The van der Waals surface area contributed by atoms with E-state index in [0.717, 1.165) is 7.11 Å². The third kappa shape index (κ3) is 2.63. The molecule has 0 spiro atoms. The molecule has 0 fully saturated rings. The minimum atomic E-state index is -4.07. The van der Waals surface area contributed by atoms with E-state index >= 15 is 0 Å². The van der Waals surface area contributed by atoms with E-state index in [9.17, 15) is 12.8 Å². The molecule has 0 amide bonds. The summed E-state index contributed by atoms with van der Waals surface area (Å²) < 4.78 is 46.2. The zero-order valence-corrected chi connectivity index (χ0v) is 11.2. The van der Waals surface area contributed by atoms with Gasteiger partial charge in [-0.1, -0.05) is 6.92 Å². The number of halogens is 2. The predicted molar refractivity (Wildman–Crippen MR) is 61.9 cm³/mol. The highest BCUT2D eigenvalue weighted by Crippen LogP contribution is 2.38. The van der Waals surface area contributed by atoms with Gasteiger partial charge in [0.15, 0.2) is 11.5 Å². The molecule has 0 heterocycles. The Kier molecular flexibility index (Phi) is 4.21. The molecule has 0 unspecified atom stereocenters. The summed E-state index contributed by atoms with van der Waals surface area (Å²) >= 11 is 0. The Hall–Kier alpha value is -1.01. The second kappa shape index (κ2) is 5.10. The van der Waals surface area contributed by atoms with Crippen molar-refractivity contribution in [1.29, 1.82) is 0 Å². The Morgan fingerprint density at radius 1 is 1.29 bits per heavy atom. The van der Waals surface area contributed by atoms with Gasteiger partial charge in [-0.15, -0.1) is 0 Å². The SMILES string of the molecule is CCc1cc(S(=O)(=O)Cl)c(OC)c(F)c1OC. The van der Waals surface area contributed by atoms with E-state index in [-0.39, 0.29) is 5.75 Å². The van der Waals surface area contributed by atoms with Gasteiger partial charge in [0.25, 0.3) is 9.05 Å². The molecule has 1 aromatic carbocycles. The van der Waals surface area contributed by atoms with E-state index in [0.29, 0.717) is 12.0 Å². The summed E-state index contributed by atoms with van der Waals surface area (Å²) in [5.74, 6) is -1.34. The summed E-state index contributed by atoms with van der Waals surface area (Å²) in [5, 5.41) is 0. The Balaban J connectivity index is 3.69. The lowest BCUT2D eigenvalue weighted by Crippen LogP contribution is -2.04. The molecule has 4 nitrogen and oxygen atoms in total. The quantitative estimate of drug-likeness (QED) is 0.796. The average Bonchev–Trinajstić information content (AvgIpc) is 2.26. The van der Waals surface area contributed by atoms with E-state index in [1.807, 2.05) is 0 Å². The van der Waals surface area contributed by atoms with Crippen molar-refractivity contribution in [1.82, 2.24) is 0 Å². The number of hydrogen-bond donors (Lipinski definition) is 0. The first-order valence-corrected chi connectivity index (χ1v) is 7.05. The fraction of sp³-hybridized carbons (Fsp3) is 0.400. The van der Waals surface area contributed by atoms with Crippen molar-refractivity contribution in [2.24, 2.45) is 0 Å². The molecule has 1 aromatic rings. The maximum absolute atomic E-state index is 13.9. The molecule has 0 N–H and O–H groups in total. The zero-order valence-electron chi connectivity index (χ0n) is 9.58. The third-order valence-electron chi connectivity index (χ3n) is 2.27. The molecule has 0 atom stereocenters. The number of aryl methyl sites for hydroxylation is 1. The summed E-state index contributed by atoms with van der Waals surface area (Å²) in [6.07, 6.45) is 0.406. The summed E-state index contributed by atoms with van der Waals surface area (Å²) in [6, 6.07) is 1.25. The van der Waals surface area contributed by atoms with Crippen LogP contribution in [0.3, 0.4) is 0 Å². The zero-order chi connectivity index (χ0) is 13.2. The van der Waals surface area contributed by atoms with Gasteiger partial charge in [-0.25, -0.2) is 8.42 Å². The minimum Gasteiger partial charge on any atom is -0.493 e. The topological polar surface area (TPSA) is 52.6 Å². The highest BCUT2D eigenvalue weighted by Gasteiger charge is 2.25. The standard InChI is InChI=1S/C10H12ClFO4S/c1-4-6-5-7(17(11,13)14)10(16-3)8(12)9(6)15-2/h5H,4H2,1-3H3. The van der Waals surface area contributed by atoms with Crippen molar-refractivity contribution < 1.29 is 22.3 Å². The summed E-state index contributed by atoms with van der Waals surface area (Å²) in [7, 11) is 3.61. The minimum absolute atomic E-state index is 0.0339. The molecule has 0 saturated carbocycles. The normalized spacial score (nSPS) is 11.4. The monoisotopic (exact) mass is 282 g/mol. The molecule has 0 saturated heterocycles. The fourth-order valence-corrected chi connectivity index (χ4v) is 2.52. The molecule has 0 aromatic heterocycles. The van der Waals surface area contributed by atoms with Crippen LogP contribution in [0.5, 0.6) is 11.5 Å². The highest BCUT2D eigenvalue weighted by molar-refractivity contribution is 8.13. The number of benzene rings is 1. The van der Waals surface area contributed by atoms with Gasteiger partial charge in [0.05, 0.1) is 14.2 Å². The van der Waals surface area contributed by atoms with Crippen LogP contribution < -0.4 is 9.47 Å². The van der Waals surface area contributed by atoms with E-state index in [1.165, 1.54) is 13.2 Å². The lowest BCUT2D eigenvalue weighted by atomic mass is 10.1. The van der Waals surface area contributed by atoms with Crippen LogP contribution in [-0.4, -0.2) is 22.6 Å². The molecule has 17 heavy (non-hydrogen) atoms. The molecular formula is C10H12ClFO4S. The predicted octanol–water partition coefficient (Wildman–Crippen LogP) is 2.33. The Morgan fingerprint density at radius 2 is 1.82 bits per heavy atom. The summed E-state index contributed by atoms with van der Waals surface area (Å²) in [5.41, 5.74) is 0.407. The van der Waals surface area contributed by atoms with Crippen LogP contribution in [0.25, 0.3) is 0 Å². The van der Waals surface area contributed by atoms with E-state index in [1.54, 1.807) is 6.92 Å². The first-order chi connectivity index (χ1) is 7.86. The van der Waals surface area contributed by atoms with Gasteiger partial charge in [-0.3, -0.25) is 0 Å². The average molecular weight is 283 g/mol. The first-order valence-electron chi connectivity index (χ1n) is 4.74. The Labute approximate surface area is 104 Å². The van der Waals surface area contributed by atoms with E-state index < -0.39 is 25.5 Å². The van der Waals surface area contributed by atoms with Crippen molar-refractivity contribution in [3.8, 4) is 11.5 Å². The fourth-order valence-electron chi connectivity index (χ4n) is 1.50. The first kappa shape index (κ1) is 14.1. The van der Waals surface area contributed by atoms with Crippen LogP contribution in [0.1, 0.15) is 12.5 Å². The maximum Gasteiger partial charge on any atom is 0.265 e. The van der Waals surface area contributed by atoms with Crippen molar-refractivity contribution in [2.45, 2.75) is 18.2 Å². The second-order valence-electron chi connectivity index (χ2n) is 3.21. The third-order valence-corrected chi connectivity index (χ3v) is 3.60. The summed E-state index contributed by atoms with van der Waals surface area (Å²) in [6.45, 7) is 1.74. The van der Waals surface area contributed by atoms with Crippen LogP contribution in [0.15, 0.2) is 11.0 Å². The van der Waals surface area contributed by atoms with Crippen LogP contribution in [0.4, 0.5) is 4.39 Å². The molecule has 0 bridgehead atoms. The molecule has 1 rings (SSSR count). The maximum atomic E-state index is 13.9. The van der Waals surface area contributed by atoms with E-state index in [2.05, 4.69) is 0 Å². The van der Waals surface area contributed by atoms with Gasteiger partial charge < -0.3 is 9.47 Å². The number of methoxy groups -OCH3 is 2. The van der Waals surface area contributed by atoms with Crippen molar-refractivity contribution in [2.75, 3.05) is 14.2 Å². The number of hydrogen-bond acceptors (Lipinski definition) is 4. The van der Waals surface area contributed by atoms with Crippen molar-refractivity contribution in [3.05, 3.63) is 17.4 Å². The molecule has 0 radical (unpaired) electrons. The number of ether oxygens (including phenoxy) is 2. The molecule has 96 valence electrons. The Bertz CT molecular complexity index is 528. The van der Waals surface area contributed by atoms with E-state index in [4.69, 9.17) is 20.2 Å². The number of rotatable bonds is 4. The molecule has 7 heteroatoms. The van der Waals surface area contributed by atoms with Crippen LogP contribution in [0, 0.1) is 5.82 Å². The lowest BCUT2D eigenvalue weighted by molar-refractivity contribution is 0.340. The molecule has 0 aliphatic heterocycles. The highest BCUT2D eigenvalue weighted by atomic mass is 35.7. The van der Waals surface area contributed by atoms with Crippen molar-refractivity contribution >= 4 is 19.7 Å². The largest absolute Gasteiger partial charge is 0.493 e. The van der Waals surface area contributed by atoms with Gasteiger partial charge in [0.2, 0.25) is 5.82 Å². The summed E-state index contributed by atoms with van der Waals surface area (Å²) in [4.78, 5) is -0.392. The molecule has 0 aliphatic carbocycles. The van der Waals surface area contributed by atoms with Crippen molar-refractivity contribution in [3.63, 3.8) is 0 Å². The lowest BCUT2D eigenvalue weighted by Gasteiger charge is -2.13. The van der Waals surface area contributed by atoms with Gasteiger partial charge in [-0.2, -0.15) is 4.39 Å². The van der Waals surface area contributed by atoms with Gasteiger partial charge in [0.1, 0.15) is 4.90 Å². The van der Waals surface area contributed by atoms with Crippen LogP contribution in [-0.2, 0) is 15.5 Å². The molecule has 0 aliphatic rings.